The first-order valence-corrected chi connectivity index (χ1v) is 9.39. The Kier molecular flexibility index (Phi) is 7.80. The molecule has 3 heterocycles. The summed E-state index contributed by atoms with van der Waals surface area (Å²) in [5.41, 5.74) is 0. The molecule has 3 saturated heterocycles. The Labute approximate surface area is 174 Å². The Bertz CT molecular complexity index is 620. The lowest BCUT2D eigenvalue weighted by Crippen LogP contribution is -2.64. The molecule has 0 saturated carbocycles. The van der Waals surface area contributed by atoms with Crippen molar-refractivity contribution in [2.24, 2.45) is 0 Å². The molecular weight excluding hydrogens is 432 g/mol. The molecule has 0 spiro atoms. The summed E-state index contributed by atoms with van der Waals surface area (Å²) < 4.78 is 25.9. The van der Waals surface area contributed by atoms with Gasteiger partial charge in [-0.15, -0.1) is 0 Å². The van der Waals surface area contributed by atoms with Crippen LogP contribution in [0.4, 0.5) is 0 Å². The molecule has 0 aromatic heterocycles. The molecule has 3 aliphatic heterocycles. The molecule has 15 nitrogen and oxygen atoms in total. The summed E-state index contributed by atoms with van der Waals surface area (Å²) in [5.74, 6) is -1.66. The van der Waals surface area contributed by atoms with Crippen molar-refractivity contribution in [2.75, 3.05) is 13.2 Å². The lowest BCUT2D eigenvalue weighted by molar-refractivity contribution is -0.367. The van der Waals surface area contributed by atoms with Crippen LogP contribution in [-0.4, -0.2) is 145 Å². The number of carboxylic acid groups (broad SMARTS) is 1. The van der Waals surface area contributed by atoms with E-state index in [9.17, 15) is 45.6 Å². The van der Waals surface area contributed by atoms with Gasteiger partial charge < -0.3 is 69.6 Å². The second-order valence-corrected chi connectivity index (χ2v) is 7.48. The molecule has 31 heavy (non-hydrogen) atoms. The van der Waals surface area contributed by atoms with Crippen molar-refractivity contribution in [3.63, 3.8) is 0 Å². The Balaban J connectivity index is 1.75. The Morgan fingerprint density at radius 1 is 0.710 bits per heavy atom. The highest BCUT2D eigenvalue weighted by atomic mass is 16.8. The number of carboxylic acids is 1. The van der Waals surface area contributed by atoms with Crippen LogP contribution >= 0.6 is 0 Å². The first-order chi connectivity index (χ1) is 14.5. The maximum absolute atomic E-state index is 11.2. The summed E-state index contributed by atoms with van der Waals surface area (Å²) in [4.78, 5) is 11.2. The van der Waals surface area contributed by atoms with Gasteiger partial charge in [0.1, 0.15) is 54.9 Å². The zero-order chi connectivity index (χ0) is 23.0. The van der Waals surface area contributed by atoms with Crippen LogP contribution in [-0.2, 0) is 28.5 Å². The zero-order valence-electron chi connectivity index (χ0n) is 15.9. The molecule has 13 unspecified atom stereocenters. The third kappa shape index (κ3) is 4.98. The average Bonchev–Trinajstić information content (AvgIpc) is 2.73. The molecule has 3 fully saturated rings. The van der Waals surface area contributed by atoms with Crippen molar-refractivity contribution >= 4 is 5.97 Å². The smallest absolute Gasteiger partial charge is 0.335 e. The van der Waals surface area contributed by atoms with Crippen molar-refractivity contribution < 1.29 is 74.4 Å². The van der Waals surface area contributed by atoms with Crippen LogP contribution in [0.3, 0.4) is 0 Å². The molecule has 0 amide bonds. The third-order valence-corrected chi connectivity index (χ3v) is 5.30. The average molecular weight is 458 g/mol. The van der Waals surface area contributed by atoms with Crippen molar-refractivity contribution in [1.82, 2.24) is 0 Å². The van der Waals surface area contributed by atoms with E-state index in [1.165, 1.54) is 0 Å². The van der Waals surface area contributed by atoms with E-state index in [1.54, 1.807) is 0 Å². The minimum absolute atomic E-state index is 0.390. The first kappa shape index (κ1) is 24.6. The van der Waals surface area contributed by atoms with E-state index < -0.39 is 92.5 Å². The highest BCUT2D eigenvalue weighted by Gasteiger charge is 2.51. The van der Waals surface area contributed by atoms with Crippen molar-refractivity contribution in [3.8, 4) is 0 Å². The van der Waals surface area contributed by atoms with Gasteiger partial charge in [-0.05, 0) is 0 Å². The molecule has 0 aromatic carbocycles. The highest BCUT2D eigenvalue weighted by Crippen LogP contribution is 2.29. The summed E-state index contributed by atoms with van der Waals surface area (Å²) >= 11 is 0. The van der Waals surface area contributed by atoms with Crippen LogP contribution in [0.25, 0.3) is 0 Å². The largest absolute Gasteiger partial charge is 0.479 e. The van der Waals surface area contributed by atoms with E-state index >= 15 is 0 Å². The molecule has 0 bridgehead atoms. The van der Waals surface area contributed by atoms with Gasteiger partial charge in [-0.3, -0.25) is 0 Å². The van der Waals surface area contributed by atoms with Gasteiger partial charge in [0.15, 0.2) is 25.0 Å². The Morgan fingerprint density at radius 2 is 1.39 bits per heavy atom. The molecule has 9 N–H and O–H groups in total. The van der Waals surface area contributed by atoms with Crippen LogP contribution < -0.4 is 0 Å². The number of carbonyl (C=O) groups is 1. The molecule has 3 rings (SSSR count). The molecule has 13 atom stereocenters. The summed E-state index contributed by atoms with van der Waals surface area (Å²) in [5, 5.41) is 88.2. The molecule has 0 aromatic rings. The predicted octanol–water partition coefficient (Wildman–Crippen LogP) is -6.20. The number of hydrogen-bond donors (Lipinski definition) is 9. The highest BCUT2D eigenvalue weighted by molar-refractivity contribution is 5.73. The van der Waals surface area contributed by atoms with Crippen LogP contribution in [0.1, 0.15) is 0 Å². The molecule has 15 heteroatoms. The number of aliphatic carboxylic acids is 1. The topological polar surface area (TPSA) is 245 Å². The fourth-order valence-corrected chi connectivity index (χ4v) is 3.42. The number of aliphatic hydroxyl groups excluding tert-OH is 8. The van der Waals surface area contributed by atoms with Crippen molar-refractivity contribution in [2.45, 2.75) is 79.9 Å². The quantitative estimate of drug-likeness (QED) is 0.186. The minimum atomic E-state index is -1.98. The van der Waals surface area contributed by atoms with Gasteiger partial charge in [-0.1, -0.05) is 0 Å². The van der Waals surface area contributed by atoms with E-state index in [1.807, 2.05) is 0 Å². The van der Waals surface area contributed by atoms with Gasteiger partial charge in [0.2, 0.25) is 0 Å². The first-order valence-electron chi connectivity index (χ1n) is 9.39. The van der Waals surface area contributed by atoms with Crippen LogP contribution in [0, 0.1) is 0 Å². The molecule has 0 radical (unpaired) electrons. The standard InChI is InChI=1S/C16H26O15/c17-3-1-28-16(29-4-2-27-14(26)9(22)6(4)19)12(5(3)18)31-15-10(23)7(20)8(21)11(30-15)13(24)25/h3-12,14-23,26H,1-2H2,(H,24,25). The number of aliphatic hydroxyl groups is 8. The summed E-state index contributed by atoms with van der Waals surface area (Å²) in [6.07, 6.45) is -22.4. The van der Waals surface area contributed by atoms with E-state index in [0.717, 1.165) is 0 Å². The summed E-state index contributed by atoms with van der Waals surface area (Å²) in [6, 6.07) is 0. The molecular formula is C16H26O15. The van der Waals surface area contributed by atoms with Crippen LogP contribution in [0.2, 0.25) is 0 Å². The summed E-state index contributed by atoms with van der Waals surface area (Å²) in [7, 11) is 0. The van der Waals surface area contributed by atoms with Gasteiger partial charge >= 0.3 is 5.97 Å². The summed E-state index contributed by atoms with van der Waals surface area (Å²) in [6.45, 7) is -0.827. The van der Waals surface area contributed by atoms with Crippen molar-refractivity contribution in [3.05, 3.63) is 0 Å². The van der Waals surface area contributed by atoms with Crippen LogP contribution in [0.15, 0.2) is 0 Å². The zero-order valence-corrected chi connectivity index (χ0v) is 15.9. The van der Waals surface area contributed by atoms with E-state index in [0.29, 0.717) is 0 Å². The lowest BCUT2D eigenvalue weighted by atomic mass is 9.98. The van der Waals surface area contributed by atoms with E-state index in [2.05, 4.69) is 0 Å². The second kappa shape index (κ2) is 9.84. The predicted molar refractivity (Wildman–Crippen MR) is 89.8 cm³/mol. The molecule has 180 valence electrons. The monoisotopic (exact) mass is 458 g/mol. The number of hydrogen-bond acceptors (Lipinski definition) is 14. The SMILES string of the molecule is O=C(O)C1OC(OC2C(OC3COC(O)C(O)C3O)OCC(O)C2O)C(O)C(O)C1O. The lowest BCUT2D eigenvalue weighted by Gasteiger charge is -2.45. The van der Waals surface area contributed by atoms with E-state index in [4.69, 9.17) is 28.8 Å². The van der Waals surface area contributed by atoms with Gasteiger partial charge in [-0.2, -0.15) is 0 Å². The van der Waals surface area contributed by atoms with Gasteiger partial charge in [0.25, 0.3) is 0 Å². The second-order valence-electron chi connectivity index (χ2n) is 7.48. The Morgan fingerprint density at radius 3 is 2.03 bits per heavy atom. The van der Waals surface area contributed by atoms with Crippen molar-refractivity contribution in [1.29, 1.82) is 0 Å². The Hall–Kier alpha value is -1.05. The van der Waals surface area contributed by atoms with E-state index in [-0.39, 0.29) is 6.61 Å². The van der Waals surface area contributed by atoms with Gasteiger partial charge in [0.05, 0.1) is 13.2 Å². The maximum atomic E-state index is 11.2. The molecule has 3 aliphatic rings. The fourth-order valence-electron chi connectivity index (χ4n) is 3.42. The van der Waals surface area contributed by atoms with Gasteiger partial charge in [0, 0.05) is 0 Å². The number of rotatable bonds is 5. The van der Waals surface area contributed by atoms with Gasteiger partial charge in [-0.25, -0.2) is 4.79 Å². The third-order valence-electron chi connectivity index (χ3n) is 5.30. The molecule has 0 aliphatic carbocycles. The van der Waals surface area contributed by atoms with Crippen LogP contribution in [0.5, 0.6) is 0 Å². The maximum Gasteiger partial charge on any atom is 0.335 e. The number of ether oxygens (including phenoxy) is 5. The minimum Gasteiger partial charge on any atom is -0.479 e. The normalized spacial score (nSPS) is 51.4. The fraction of sp³-hybridized carbons (Fsp3) is 0.938.